The topological polar surface area (TPSA) is 29.5 Å². The quantitative estimate of drug-likeness (QED) is 0.771. The first kappa shape index (κ1) is 17.7. The second-order valence-electron chi connectivity index (χ2n) is 7.09. The summed E-state index contributed by atoms with van der Waals surface area (Å²) in [6.07, 6.45) is 6.70. The minimum Gasteiger partial charge on any atom is -0.378 e. The van der Waals surface area contributed by atoms with Crippen LogP contribution in [0.1, 0.15) is 23.1 Å². The first-order valence-corrected chi connectivity index (χ1v) is 9.70. The Bertz CT molecular complexity index is 861. The molecule has 0 spiro atoms. The highest BCUT2D eigenvalue weighted by molar-refractivity contribution is 5.89. The van der Waals surface area contributed by atoms with E-state index in [1.54, 1.807) is 6.08 Å². The fourth-order valence-electron chi connectivity index (χ4n) is 3.88. The summed E-state index contributed by atoms with van der Waals surface area (Å²) < 4.78 is 5.34. The van der Waals surface area contributed by atoms with Crippen LogP contribution >= 0.6 is 0 Å². The molecular weight excluding hydrogens is 334 g/mol. The first-order valence-electron chi connectivity index (χ1n) is 9.70. The van der Waals surface area contributed by atoms with E-state index in [4.69, 9.17) is 4.74 Å². The molecule has 1 amide bonds. The molecule has 0 saturated carbocycles. The van der Waals surface area contributed by atoms with Crippen LogP contribution in [0.3, 0.4) is 0 Å². The summed E-state index contributed by atoms with van der Waals surface area (Å²) in [4.78, 5) is 14.4. The molecule has 4 rings (SSSR count). The van der Waals surface area contributed by atoms with Crippen molar-refractivity contribution in [3.63, 3.8) is 0 Å². The van der Waals surface area contributed by atoms with Crippen LogP contribution in [0.15, 0.2) is 72.3 Å². The van der Waals surface area contributed by atoms with Crippen LogP contribution in [0.5, 0.6) is 0 Å². The Morgan fingerprint density at radius 2 is 1.70 bits per heavy atom. The number of fused-ring (bicyclic) bond motifs is 1. The number of morpholine rings is 1. The van der Waals surface area contributed by atoms with Crippen molar-refractivity contribution in [1.29, 1.82) is 0 Å². The highest BCUT2D eigenvalue weighted by atomic mass is 16.5. The first-order chi connectivity index (χ1) is 13.3. The number of aryl methyl sites for hydroxylation is 1. The number of hydrogen-bond acceptors (Lipinski definition) is 2. The summed E-state index contributed by atoms with van der Waals surface area (Å²) in [5.74, 6) is 0.0868. The van der Waals surface area contributed by atoms with Crippen molar-refractivity contribution in [1.82, 2.24) is 4.90 Å². The smallest absolute Gasteiger partial charge is 0.246 e. The molecule has 0 N–H and O–H groups in total. The van der Waals surface area contributed by atoms with Gasteiger partial charge in [0.15, 0.2) is 0 Å². The van der Waals surface area contributed by atoms with Gasteiger partial charge in [-0.1, -0.05) is 60.7 Å². The van der Waals surface area contributed by atoms with Gasteiger partial charge in [0.25, 0.3) is 0 Å². The van der Waals surface area contributed by atoms with Gasteiger partial charge < -0.3 is 9.64 Å². The number of amides is 1. The van der Waals surface area contributed by atoms with E-state index >= 15 is 0 Å². The van der Waals surface area contributed by atoms with Crippen LogP contribution in [-0.4, -0.2) is 37.1 Å². The van der Waals surface area contributed by atoms with Gasteiger partial charge in [0.05, 0.1) is 13.2 Å². The summed E-state index contributed by atoms with van der Waals surface area (Å²) in [5, 5.41) is 0. The van der Waals surface area contributed by atoms with Crippen LogP contribution in [-0.2, 0) is 22.4 Å². The van der Waals surface area contributed by atoms with Gasteiger partial charge >= 0.3 is 0 Å². The van der Waals surface area contributed by atoms with Gasteiger partial charge in [-0.15, -0.1) is 0 Å². The van der Waals surface area contributed by atoms with E-state index < -0.39 is 0 Å². The van der Waals surface area contributed by atoms with Crippen LogP contribution in [0.4, 0.5) is 0 Å². The van der Waals surface area contributed by atoms with Crippen molar-refractivity contribution in [2.45, 2.75) is 19.3 Å². The Hall–Kier alpha value is -2.65. The second-order valence-corrected chi connectivity index (χ2v) is 7.09. The predicted octanol–water partition coefficient (Wildman–Crippen LogP) is 4.04. The Morgan fingerprint density at radius 1 is 0.963 bits per heavy atom. The Balaban J connectivity index is 1.63. The molecule has 0 atom stereocenters. The largest absolute Gasteiger partial charge is 0.378 e. The highest BCUT2D eigenvalue weighted by Crippen LogP contribution is 2.34. The predicted molar refractivity (Wildman–Crippen MR) is 108 cm³/mol. The molecule has 0 unspecified atom stereocenters. The van der Waals surface area contributed by atoms with Crippen LogP contribution in [0, 0.1) is 0 Å². The lowest BCUT2D eigenvalue weighted by Gasteiger charge is -2.26. The molecule has 1 saturated heterocycles. The maximum atomic E-state index is 12.5. The SMILES string of the molecule is O=C(/C=C/C1=C(Cc2ccccc2)c2ccccc2CC1)N1CCOCC1. The molecular formula is C24H25NO2. The Morgan fingerprint density at radius 3 is 2.52 bits per heavy atom. The summed E-state index contributed by atoms with van der Waals surface area (Å²) >= 11 is 0. The van der Waals surface area contributed by atoms with Gasteiger partial charge in [-0.05, 0) is 47.1 Å². The van der Waals surface area contributed by atoms with E-state index in [1.807, 2.05) is 11.0 Å². The summed E-state index contributed by atoms with van der Waals surface area (Å²) in [6, 6.07) is 19.2. The van der Waals surface area contributed by atoms with Gasteiger partial charge in [-0.2, -0.15) is 0 Å². The molecule has 1 aliphatic heterocycles. The molecule has 0 aromatic heterocycles. The normalized spacial score (nSPS) is 17.3. The summed E-state index contributed by atoms with van der Waals surface area (Å²) in [6.45, 7) is 2.63. The highest BCUT2D eigenvalue weighted by Gasteiger charge is 2.19. The standard InChI is InChI=1S/C24H25NO2/c26-24(25-14-16-27-17-15-25)13-12-21-11-10-20-8-4-5-9-22(20)23(21)18-19-6-2-1-3-7-19/h1-9,12-13H,10-11,14-18H2/b13-12+. The summed E-state index contributed by atoms with van der Waals surface area (Å²) in [7, 11) is 0. The number of rotatable bonds is 4. The Kier molecular flexibility index (Phi) is 5.50. The van der Waals surface area contributed by atoms with E-state index in [2.05, 4.69) is 54.6 Å². The molecule has 1 fully saturated rings. The fourth-order valence-corrected chi connectivity index (χ4v) is 3.88. The van der Waals surface area contributed by atoms with Crippen molar-refractivity contribution in [3.05, 3.63) is 89.0 Å². The van der Waals surface area contributed by atoms with E-state index in [-0.39, 0.29) is 5.91 Å². The zero-order valence-corrected chi connectivity index (χ0v) is 15.6. The third-order valence-electron chi connectivity index (χ3n) is 5.37. The Labute approximate surface area is 161 Å². The minimum absolute atomic E-state index is 0.0868. The zero-order valence-electron chi connectivity index (χ0n) is 15.6. The monoisotopic (exact) mass is 359 g/mol. The fraction of sp³-hybridized carbons (Fsp3) is 0.292. The maximum absolute atomic E-state index is 12.5. The van der Waals surface area contributed by atoms with Gasteiger partial charge in [0, 0.05) is 19.2 Å². The average molecular weight is 359 g/mol. The maximum Gasteiger partial charge on any atom is 0.246 e. The van der Waals surface area contributed by atoms with Crippen LogP contribution in [0.2, 0.25) is 0 Å². The molecule has 0 radical (unpaired) electrons. The molecule has 138 valence electrons. The molecule has 2 aliphatic rings. The van der Waals surface area contributed by atoms with E-state index in [9.17, 15) is 4.79 Å². The zero-order chi connectivity index (χ0) is 18.5. The van der Waals surface area contributed by atoms with Crippen molar-refractivity contribution in [3.8, 4) is 0 Å². The third kappa shape index (κ3) is 4.20. The van der Waals surface area contributed by atoms with Gasteiger partial charge in [-0.3, -0.25) is 4.79 Å². The minimum atomic E-state index is 0.0868. The molecule has 27 heavy (non-hydrogen) atoms. The lowest BCUT2D eigenvalue weighted by atomic mass is 9.82. The number of nitrogens with zero attached hydrogens (tertiary/aromatic N) is 1. The number of allylic oxidation sites excluding steroid dienone is 3. The van der Waals surface area contributed by atoms with Gasteiger partial charge in [0.2, 0.25) is 5.91 Å². The van der Waals surface area contributed by atoms with Crippen LogP contribution < -0.4 is 0 Å². The molecule has 1 aliphatic carbocycles. The second kappa shape index (κ2) is 8.36. The number of carbonyl (C=O) groups is 1. The summed E-state index contributed by atoms with van der Waals surface area (Å²) in [5.41, 5.74) is 6.65. The van der Waals surface area contributed by atoms with Crippen molar-refractivity contribution < 1.29 is 9.53 Å². The molecule has 2 aromatic rings. The van der Waals surface area contributed by atoms with Crippen molar-refractivity contribution in [2.24, 2.45) is 0 Å². The number of carbonyl (C=O) groups excluding carboxylic acids is 1. The molecule has 3 nitrogen and oxygen atoms in total. The molecule has 1 heterocycles. The number of hydrogen-bond donors (Lipinski definition) is 0. The van der Waals surface area contributed by atoms with Gasteiger partial charge in [0.1, 0.15) is 0 Å². The number of ether oxygens (including phenoxy) is 1. The molecule has 3 heteroatoms. The van der Waals surface area contributed by atoms with Crippen molar-refractivity contribution in [2.75, 3.05) is 26.3 Å². The van der Waals surface area contributed by atoms with Crippen LogP contribution in [0.25, 0.3) is 5.57 Å². The molecule has 2 aromatic carbocycles. The lowest BCUT2D eigenvalue weighted by Crippen LogP contribution is -2.39. The van der Waals surface area contributed by atoms with E-state index in [1.165, 1.54) is 27.8 Å². The average Bonchev–Trinajstić information content (AvgIpc) is 2.74. The lowest BCUT2D eigenvalue weighted by molar-refractivity contribution is -0.129. The number of benzene rings is 2. The molecule has 0 bridgehead atoms. The van der Waals surface area contributed by atoms with E-state index in [0.717, 1.165) is 19.3 Å². The van der Waals surface area contributed by atoms with E-state index in [0.29, 0.717) is 26.3 Å². The third-order valence-corrected chi connectivity index (χ3v) is 5.37. The van der Waals surface area contributed by atoms with Gasteiger partial charge in [-0.25, -0.2) is 0 Å². The van der Waals surface area contributed by atoms with Crippen molar-refractivity contribution >= 4 is 11.5 Å².